The Kier molecular flexibility index (Phi) is 8.30. The maximum absolute atomic E-state index is 8.97. The summed E-state index contributed by atoms with van der Waals surface area (Å²) in [5.74, 6) is 0. The molecule has 0 aliphatic heterocycles. The number of halogens is 2. The molecule has 0 bridgehead atoms. The van der Waals surface area contributed by atoms with Gasteiger partial charge in [0.1, 0.15) is 7.40 Å². The van der Waals surface area contributed by atoms with E-state index in [1.54, 1.807) is 0 Å². The third-order valence-electron chi connectivity index (χ3n) is 6.33. The van der Waals surface area contributed by atoms with E-state index in [0.29, 0.717) is 6.61 Å². The smallest absolute Gasteiger partial charge is 0.192 e. The molecule has 33 heavy (non-hydrogen) atoms. The van der Waals surface area contributed by atoms with Crippen molar-refractivity contribution >= 4 is 75.3 Å². The zero-order chi connectivity index (χ0) is 24.6. The minimum Gasteiger partial charge on any atom is -0.413 e. The number of hydrogen-bond acceptors (Lipinski definition) is 4. The van der Waals surface area contributed by atoms with Gasteiger partial charge in [0, 0.05) is 24.9 Å². The minimum atomic E-state index is -1.69. The van der Waals surface area contributed by atoms with Crippen molar-refractivity contribution in [3.8, 4) is 0 Å². The first-order valence-electron chi connectivity index (χ1n) is 10.8. The van der Waals surface area contributed by atoms with Crippen LogP contribution in [-0.2, 0) is 31.7 Å². The monoisotopic (exact) mass is 690 g/mol. The van der Waals surface area contributed by atoms with E-state index in [1.165, 1.54) is 16.5 Å². The molecule has 1 N–H and O–H groups in total. The fraction of sp³-hybridized carbons (Fsp3) is 0.417. The molecule has 2 aromatic heterocycles. The molecule has 0 saturated carbocycles. The number of aliphatic hydroxyl groups is 1. The van der Waals surface area contributed by atoms with Crippen LogP contribution in [0.5, 0.6) is 0 Å². The summed E-state index contributed by atoms with van der Waals surface area (Å²) in [7, 11) is 2.22. The molecule has 178 valence electrons. The van der Waals surface area contributed by atoms with E-state index >= 15 is 0 Å². The van der Waals surface area contributed by atoms with E-state index in [4.69, 9.17) is 9.53 Å². The SMILES string of the molecule is Cn1nc(I)c2cc(CO)ccc21.Cn1nc(I)c2cc(CO[Si](C)(C)C(C)(C)C)ccc21. The standard InChI is InChI=1S/C15H23IN2OSi.C9H9IN2O/c1-15(2,3)20(5,6)19-10-11-7-8-13-12(9-11)14(16)17-18(13)4;1-12-8-3-2-6(5-13)4-7(8)9(10)11-12/h7-9H,10H2,1-6H3;2-4,13H,5H2,1H3. The maximum atomic E-state index is 8.97. The molecule has 0 aliphatic rings. The third kappa shape index (κ3) is 5.98. The van der Waals surface area contributed by atoms with Crippen LogP contribution in [0.3, 0.4) is 0 Å². The number of nitrogens with zero attached hydrogens (tertiary/aromatic N) is 4. The number of hydrogen-bond donors (Lipinski definition) is 1. The lowest BCUT2D eigenvalue weighted by molar-refractivity contribution is 0.276. The summed E-state index contributed by atoms with van der Waals surface area (Å²) in [6, 6.07) is 12.4. The first-order valence-corrected chi connectivity index (χ1v) is 15.9. The molecule has 0 amide bonds. The summed E-state index contributed by atoms with van der Waals surface area (Å²) in [4.78, 5) is 0. The Morgan fingerprint density at radius 2 is 1.33 bits per heavy atom. The fourth-order valence-electron chi connectivity index (χ4n) is 3.21. The molecule has 0 spiro atoms. The van der Waals surface area contributed by atoms with Crippen molar-refractivity contribution in [1.29, 1.82) is 0 Å². The molecular weight excluding hydrogens is 658 g/mol. The van der Waals surface area contributed by atoms with Gasteiger partial charge in [-0.05, 0) is 98.7 Å². The summed E-state index contributed by atoms with van der Waals surface area (Å²) in [5, 5.41) is 20.3. The molecule has 0 fully saturated rings. The number of fused-ring (bicyclic) bond motifs is 2. The van der Waals surface area contributed by atoms with Crippen LogP contribution in [0.1, 0.15) is 31.9 Å². The highest BCUT2D eigenvalue weighted by atomic mass is 127. The number of benzene rings is 2. The van der Waals surface area contributed by atoms with Crippen molar-refractivity contribution in [2.75, 3.05) is 0 Å². The average Bonchev–Trinajstić information content (AvgIpc) is 3.20. The lowest BCUT2D eigenvalue weighted by atomic mass is 10.2. The van der Waals surface area contributed by atoms with Crippen LogP contribution in [0.15, 0.2) is 36.4 Å². The average molecular weight is 690 g/mol. The van der Waals surface area contributed by atoms with Gasteiger partial charge in [0.2, 0.25) is 0 Å². The quantitative estimate of drug-likeness (QED) is 0.200. The van der Waals surface area contributed by atoms with E-state index in [0.717, 1.165) is 23.9 Å². The second kappa shape index (κ2) is 10.3. The lowest BCUT2D eigenvalue weighted by Gasteiger charge is -2.36. The molecule has 4 rings (SSSR count). The molecule has 0 radical (unpaired) electrons. The van der Waals surface area contributed by atoms with Crippen LogP contribution in [-0.4, -0.2) is 33.0 Å². The third-order valence-corrected chi connectivity index (χ3v) is 12.4. The van der Waals surface area contributed by atoms with E-state index in [1.807, 2.05) is 41.7 Å². The van der Waals surface area contributed by atoms with Gasteiger partial charge in [-0.1, -0.05) is 32.9 Å². The summed E-state index contributed by atoms with van der Waals surface area (Å²) < 4.78 is 12.1. The lowest BCUT2D eigenvalue weighted by Crippen LogP contribution is -2.40. The van der Waals surface area contributed by atoms with Crippen LogP contribution < -0.4 is 0 Å². The van der Waals surface area contributed by atoms with Gasteiger partial charge in [0.25, 0.3) is 0 Å². The van der Waals surface area contributed by atoms with Crippen molar-refractivity contribution in [2.24, 2.45) is 14.1 Å². The zero-order valence-corrected chi connectivity index (χ0v) is 25.6. The molecule has 0 aliphatic carbocycles. The maximum Gasteiger partial charge on any atom is 0.192 e. The van der Waals surface area contributed by atoms with Crippen LogP contribution in [0.2, 0.25) is 18.1 Å². The van der Waals surface area contributed by atoms with Gasteiger partial charge in [-0.15, -0.1) is 0 Å². The molecule has 4 aromatic rings. The van der Waals surface area contributed by atoms with E-state index in [-0.39, 0.29) is 11.6 Å². The Hall–Kier alpha value is -1.02. The van der Waals surface area contributed by atoms with Gasteiger partial charge >= 0.3 is 0 Å². The van der Waals surface area contributed by atoms with Gasteiger partial charge < -0.3 is 9.53 Å². The Labute approximate surface area is 224 Å². The highest BCUT2D eigenvalue weighted by Gasteiger charge is 2.37. The zero-order valence-electron chi connectivity index (χ0n) is 20.3. The Morgan fingerprint density at radius 3 is 1.79 bits per heavy atom. The van der Waals surface area contributed by atoms with Crippen molar-refractivity contribution in [1.82, 2.24) is 19.6 Å². The van der Waals surface area contributed by atoms with Crippen molar-refractivity contribution in [3.05, 3.63) is 54.9 Å². The second-order valence-electron chi connectivity index (χ2n) is 9.74. The van der Waals surface area contributed by atoms with Crippen molar-refractivity contribution < 1.29 is 9.53 Å². The largest absolute Gasteiger partial charge is 0.413 e. The normalized spacial score (nSPS) is 12.3. The highest BCUT2D eigenvalue weighted by molar-refractivity contribution is 14.1. The van der Waals surface area contributed by atoms with Crippen LogP contribution in [0.25, 0.3) is 21.8 Å². The number of rotatable bonds is 4. The van der Waals surface area contributed by atoms with Gasteiger partial charge in [-0.25, -0.2) is 0 Å². The van der Waals surface area contributed by atoms with E-state index in [9.17, 15) is 0 Å². The molecule has 2 aromatic carbocycles. The van der Waals surface area contributed by atoms with Crippen molar-refractivity contribution in [3.63, 3.8) is 0 Å². The molecule has 9 heteroatoms. The van der Waals surface area contributed by atoms with Crippen molar-refractivity contribution in [2.45, 2.75) is 52.1 Å². The summed E-state index contributed by atoms with van der Waals surface area (Å²) in [5.41, 5.74) is 4.43. The second-order valence-corrected chi connectivity index (χ2v) is 16.6. The molecule has 0 unspecified atom stereocenters. The molecule has 2 heterocycles. The van der Waals surface area contributed by atoms with Gasteiger partial charge in [0.05, 0.1) is 24.2 Å². The first-order chi connectivity index (χ1) is 15.3. The Morgan fingerprint density at radius 1 is 0.879 bits per heavy atom. The molecule has 0 saturated heterocycles. The fourth-order valence-corrected chi connectivity index (χ4v) is 5.68. The highest BCUT2D eigenvalue weighted by Crippen LogP contribution is 2.37. The molecule has 0 atom stereocenters. The predicted molar refractivity (Wildman–Crippen MR) is 155 cm³/mol. The van der Waals surface area contributed by atoms with Gasteiger partial charge in [-0.3, -0.25) is 9.36 Å². The summed E-state index contributed by atoms with van der Waals surface area (Å²) in [6.07, 6.45) is 0. The molecule has 6 nitrogen and oxygen atoms in total. The van der Waals surface area contributed by atoms with Crippen LogP contribution in [0.4, 0.5) is 0 Å². The summed E-state index contributed by atoms with van der Waals surface area (Å²) >= 11 is 4.49. The Bertz CT molecular complexity index is 1280. The first kappa shape index (κ1) is 26.6. The summed E-state index contributed by atoms with van der Waals surface area (Å²) in [6.45, 7) is 12.2. The number of aryl methyl sites for hydroxylation is 2. The van der Waals surface area contributed by atoms with Gasteiger partial charge in [0.15, 0.2) is 8.32 Å². The van der Waals surface area contributed by atoms with E-state index < -0.39 is 8.32 Å². The van der Waals surface area contributed by atoms with Gasteiger partial charge in [-0.2, -0.15) is 10.2 Å². The predicted octanol–water partition coefficient (Wildman–Crippen LogP) is 6.37. The van der Waals surface area contributed by atoms with Crippen LogP contribution >= 0.6 is 45.2 Å². The van der Waals surface area contributed by atoms with E-state index in [2.05, 4.69) is 107 Å². The minimum absolute atomic E-state index is 0.0842. The van der Waals surface area contributed by atoms with Crippen LogP contribution in [0, 0.1) is 7.40 Å². The Balaban J connectivity index is 0.000000203. The molecular formula is C24H32I2N4O2Si. The topological polar surface area (TPSA) is 65.1 Å². The number of aliphatic hydroxyl groups excluding tert-OH is 1. The number of aromatic nitrogens is 4.